The summed E-state index contributed by atoms with van der Waals surface area (Å²) in [5, 5.41) is 0.450. The molecule has 0 amide bonds. The van der Waals surface area contributed by atoms with Crippen molar-refractivity contribution in [2.45, 2.75) is 31.6 Å². The SMILES string of the molecule is CCCC(=O)c1ccc(NS(=O)(=O)c2cc(C)c(Cl)cc2Cl)cc1. The highest BCUT2D eigenvalue weighted by Crippen LogP contribution is 2.29. The fraction of sp³-hybridized carbons (Fsp3) is 0.235. The molecule has 4 nitrogen and oxygen atoms in total. The molecule has 2 aromatic carbocycles. The molecule has 1 N–H and O–H groups in total. The van der Waals surface area contributed by atoms with Crippen molar-refractivity contribution in [1.82, 2.24) is 0 Å². The summed E-state index contributed by atoms with van der Waals surface area (Å²) in [6.45, 7) is 3.63. The Balaban J connectivity index is 2.27. The number of halogens is 2. The van der Waals surface area contributed by atoms with E-state index < -0.39 is 10.0 Å². The Labute approximate surface area is 151 Å². The van der Waals surface area contributed by atoms with Crippen LogP contribution < -0.4 is 4.72 Å². The first kappa shape index (κ1) is 18.8. The lowest BCUT2D eigenvalue weighted by molar-refractivity contribution is 0.0982. The van der Waals surface area contributed by atoms with Crippen molar-refractivity contribution in [1.29, 1.82) is 0 Å². The number of carbonyl (C=O) groups is 1. The molecule has 0 radical (unpaired) electrons. The first-order valence-corrected chi connectivity index (χ1v) is 9.60. The number of anilines is 1. The van der Waals surface area contributed by atoms with Gasteiger partial charge in [-0.25, -0.2) is 8.42 Å². The highest BCUT2D eigenvalue weighted by Gasteiger charge is 2.19. The van der Waals surface area contributed by atoms with E-state index in [-0.39, 0.29) is 15.7 Å². The van der Waals surface area contributed by atoms with Crippen LogP contribution in [-0.2, 0) is 10.0 Å². The molecule has 2 aromatic rings. The van der Waals surface area contributed by atoms with Crippen molar-refractivity contribution in [3.8, 4) is 0 Å². The van der Waals surface area contributed by atoms with Gasteiger partial charge in [-0.1, -0.05) is 30.1 Å². The van der Waals surface area contributed by atoms with Crippen LogP contribution in [0.2, 0.25) is 10.0 Å². The minimum absolute atomic E-state index is 0.0308. The van der Waals surface area contributed by atoms with Gasteiger partial charge in [-0.3, -0.25) is 9.52 Å². The highest BCUT2D eigenvalue weighted by molar-refractivity contribution is 7.92. The number of rotatable bonds is 6. The zero-order valence-electron chi connectivity index (χ0n) is 13.3. The van der Waals surface area contributed by atoms with Gasteiger partial charge in [-0.05, 0) is 55.3 Å². The Kier molecular flexibility index (Phi) is 5.91. The topological polar surface area (TPSA) is 63.2 Å². The number of sulfonamides is 1. The van der Waals surface area contributed by atoms with Crippen LogP contribution >= 0.6 is 23.2 Å². The maximum Gasteiger partial charge on any atom is 0.263 e. The van der Waals surface area contributed by atoms with Gasteiger partial charge < -0.3 is 0 Å². The number of aryl methyl sites for hydroxylation is 1. The third-order valence-corrected chi connectivity index (χ3v) is 5.69. The number of ketones is 1. The molecule has 2 rings (SSSR count). The molecule has 0 bridgehead atoms. The molecule has 0 unspecified atom stereocenters. The van der Waals surface area contributed by atoms with Crippen LogP contribution in [0.3, 0.4) is 0 Å². The molecule has 0 fully saturated rings. The van der Waals surface area contributed by atoms with E-state index in [9.17, 15) is 13.2 Å². The van der Waals surface area contributed by atoms with E-state index in [1.54, 1.807) is 31.2 Å². The van der Waals surface area contributed by atoms with Gasteiger partial charge in [0.15, 0.2) is 5.78 Å². The number of benzene rings is 2. The number of nitrogens with one attached hydrogen (secondary N) is 1. The fourth-order valence-corrected chi connectivity index (χ4v) is 4.03. The molecular weight excluding hydrogens is 369 g/mol. The molecule has 0 aromatic heterocycles. The zero-order chi connectivity index (χ0) is 17.9. The second kappa shape index (κ2) is 7.55. The van der Waals surface area contributed by atoms with Crippen molar-refractivity contribution >= 4 is 44.7 Å². The van der Waals surface area contributed by atoms with Crippen LogP contribution in [0.25, 0.3) is 0 Å². The van der Waals surface area contributed by atoms with Gasteiger partial charge in [-0.2, -0.15) is 0 Å². The third kappa shape index (κ3) is 4.29. The summed E-state index contributed by atoms with van der Waals surface area (Å²) in [5.41, 5.74) is 1.52. The Morgan fingerprint density at radius 2 is 1.71 bits per heavy atom. The maximum absolute atomic E-state index is 12.5. The predicted octanol–water partition coefficient (Wildman–Crippen LogP) is 5.09. The molecule has 0 aliphatic carbocycles. The maximum atomic E-state index is 12.5. The second-order valence-corrected chi connectivity index (χ2v) is 7.85. The Bertz CT molecular complexity index is 862. The molecule has 24 heavy (non-hydrogen) atoms. The molecule has 0 aliphatic rings. The van der Waals surface area contributed by atoms with Crippen molar-refractivity contribution in [2.75, 3.05) is 4.72 Å². The monoisotopic (exact) mass is 385 g/mol. The summed E-state index contributed by atoms with van der Waals surface area (Å²) in [4.78, 5) is 11.8. The molecule has 0 saturated carbocycles. The van der Waals surface area contributed by atoms with Crippen LogP contribution in [0.5, 0.6) is 0 Å². The molecular formula is C17H17Cl2NO3S. The van der Waals surface area contributed by atoms with Crippen LogP contribution in [-0.4, -0.2) is 14.2 Å². The van der Waals surface area contributed by atoms with Gasteiger partial charge in [0, 0.05) is 22.7 Å². The minimum atomic E-state index is -3.85. The van der Waals surface area contributed by atoms with Crippen molar-refractivity contribution in [3.05, 3.63) is 57.6 Å². The average Bonchev–Trinajstić information content (AvgIpc) is 2.51. The van der Waals surface area contributed by atoms with E-state index in [0.717, 1.165) is 6.42 Å². The molecule has 0 aliphatic heterocycles. The standard InChI is InChI=1S/C17H17Cl2NO3S/c1-3-4-16(21)12-5-7-13(8-6-12)20-24(22,23)17-9-11(2)14(18)10-15(17)19/h5-10,20H,3-4H2,1-2H3. The zero-order valence-corrected chi connectivity index (χ0v) is 15.6. The van der Waals surface area contributed by atoms with Gasteiger partial charge in [-0.15, -0.1) is 0 Å². The molecule has 128 valence electrons. The predicted molar refractivity (Wildman–Crippen MR) is 97.7 cm³/mol. The van der Waals surface area contributed by atoms with Crippen LogP contribution in [0.1, 0.15) is 35.7 Å². The number of hydrogen-bond donors (Lipinski definition) is 1. The van der Waals surface area contributed by atoms with Crippen LogP contribution in [0.4, 0.5) is 5.69 Å². The second-order valence-electron chi connectivity index (χ2n) is 5.39. The van der Waals surface area contributed by atoms with Crippen LogP contribution in [0, 0.1) is 6.92 Å². The molecule has 0 atom stereocenters. The first-order chi connectivity index (χ1) is 11.2. The van der Waals surface area contributed by atoms with Gasteiger partial charge in [0.2, 0.25) is 0 Å². The average molecular weight is 386 g/mol. The van der Waals surface area contributed by atoms with Crippen molar-refractivity contribution < 1.29 is 13.2 Å². The lowest BCUT2D eigenvalue weighted by atomic mass is 10.1. The largest absolute Gasteiger partial charge is 0.294 e. The molecule has 0 saturated heterocycles. The summed E-state index contributed by atoms with van der Waals surface area (Å²) in [6.07, 6.45) is 1.23. The van der Waals surface area contributed by atoms with Crippen molar-refractivity contribution in [2.24, 2.45) is 0 Å². The van der Waals surface area contributed by atoms with E-state index in [2.05, 4.69) is 4.72 Å². The quantitative estimate of drug-likeness (QED) is 0.704. The van der Waals surface area contributed by atoms with E-state index in [4.69, 9.17) is 23.2 Å². The van der Waals surface area contributed by atoms with E-state index in [1.165, 1.54) is 12.1 Å². The Morgan fingerprint density at radius 1 is 1.08 bits per heavy atom. The summed E-state index contributed by atoms with van der Waals surface area (Å²) in [7, 11) is -3.85. The summed E-state index contributed by atoms with van der Waals surface area (Å²) >= 11 is 11.9. The fourth-order valence-electron chi connectivity index (χ4n) is 2.14. The molecule has 0 spiro atoms. The van der Waals surface area contributed by atoms with Gasteiger partial charge in [0.25, 0.3) is 10.0 Å². The molecule has 0 heterocycles. The van der Waals surface area contributed by atoms with Gasteiger partial charge >= 0.3 is 0 Å². The van der Waals surface area contributed by atoms with Gasteiger partial charge in [0.1, 0.15) is 4.90 Å². The van der Waals surface area contributed by atoms with Crippen molar-refractivity contribution in [3.63, 3.8) is 0 Å². The third-order valence-electron chi connectivity index (χ3n) is 3.44. The summed E-state index contributed by atoms with van der Waals surface area (Å²) in [6, 6.07) is 9.13. The lowest BCUT2D eigenvalue weighted by Crippen LogP contribution is -2.14. The number of hydrogen-bond acceptors (Lipinski definition) is 3. The summed E-state index contributed by atoms with van der Waals surface area (Å²) < 4.78 is 27.5. The Hall–Kier alpha value is -1.56. The van der Waals surface area contributed by atoms with E-state index in [1.807, 2.05) is 6.92 Å². The minimum Gasteiger partial charge on any atom is -0.294 e. The lowest BCUT2D eigenvalue weighted by Gasteiger charge is -2.11. The number of Topliss-reactive ketones (excluding diaryl/α,β-unsaturated/α-hetero) is 1. The number of carbonyl (C=O) groups excluding carboxylic acids is 1. The first-order valence-electron chi connectivity index (χ1n) is 7.36. The highest BCUT2D eigenvalue weighted by atomic mass is 35.5. The summed E-state index contributed by atoms with van der Waals surface area (Å²) in [5.74, 6) is 0.0308. The smallest absolute Gasteiger partial charge is 0.263 e. The normalized spacial score (nSPS) is 11.3. The van der Waals surface area contributed by atoms with Gasteiger partial charge in [0.05, 0.1) is 5.02 Å². The van der Waals surface area contributed by atoms with Crippen LogP contribution in [0.15, 0.2) is 41.3 Å². The van der Waals surface area contributed by atoms with E-state index in [0.29, 0.717) is 28.3 Å². The van der Waals surface area contributed by atoms with E-state index >= 15 is 0 Å². The Morgan fingerprint density at radius 3 is 2.29 bits per heavy atom. The molecule has 7 heteroatoms.